The first kappa shape index (κ1) is 17.2. The molecule has 2 N–H and O–H groups in total. The van der Waals surface area contributed by atoms with Gasteiger partial charge in [0.25, 0.3) is 10.0 Å². The molecule has 0 spiro atoms. The lowest BCUT2D eigenvalue weighted by atomic mass is 10.3. The van der Waals surface area contributed by atoms with Crippen LogP contribution in [0.3, 0.4) is 0 Å². The second kappa shape index (κ2) is 7.51. The van der Waals surface area contributed by atoms with Gasteiger partial charge in [-0.25, -0.2) is 8.42 Å². The molecule has 1 aromatic carbocycles. The summed E-state index contributed by atoms with van der Waals surface area (Å²) in [5, 5.41) is 1.63. The number of carbonyl (C=O) groups excluding carboxylic acids is 1. The summed E-state index contributed by atoms with van der Waals surface area (Å²) in [7, 11) is -3.79. The van der Waals surface area contributed by atoms with Gasteiger partial charge in [-0.2, -0.15) is 0 Å². The number of hydrogen-bond acceptors (Lipinski definition) is 6. The van der Waals surface area contributed by atoms with Crippen LogP contribution in [0.25, 0.3) is 0 Å². The van der Waals surface area contributed by atoms with E-state index in [2.05, 4.69) is 5.43 Å². The number of nitrogens with one attached hydrogen (secondary N) is 2. The van der Waals surface area contributed by atoms with Crippen LogP contribution in [0.1, 0.15) is 16.3 Å². The highest BCUT2D eigenvalue weighted by molar-refractivity contribution is 7.91. The lowest BCUT2D eigenvalue weighted by Crippen LogP contribution is -2.41. The van der Waals surface area contributed by atoms with Crippen LogP contribution in [-0.2, 0) is 16.6 Å². The number of ether oxygens (including phenoxy) is 1. The Kier molecular flexibility index (Phi) is 5.17. The zero-order chi connectivity index (χ0) is 17.7. The number of sulfonamides is 1. The molecule has 0 aliphatic carbocycles. The number of amides is 1. The predicted molar refractivity (Wildman–Crippen MR) is 91.6 cm³/mol. The number of para-hydroxylation sites is 1. The van der Waals surface area contributed by atoms with E-state index < -0.39 is 15.9 Å². The maximum Gasteiger partial charge on any atom is 0.301 e. The molecule has 3 rings (SSSR count). The molecule has 2 heterocycles. The molecule has 0 saturated carbocycles. The number of furan rings is 1. The average Bonchev–Trinajstić information content (AvgIpc) is 3.31. The summed E-state index contributed by atoms with van der Waals surface area (Å²) in [5.41, 5.74) is 2.11. The van der Waals surface area contributed by atoms with Crippen LogP contribution in [0.4, 0.5) is 0 Å². The quantitative estimate of drug-likeness (QED) is 0.616. The summed E-state index contributed by atoms with van der Waals surface area (Å²) < 4.78 is 34.8. The molecular weight excluding hydrogens is 364 g/mol. The minimum absolute atomic E-state index is 0.0273. The predicted octanol–water partition coefficient (Wildman–Crippen LogP) is 2.54. The first-order valence-corrected chi connectivity index (χ1v) is 9.53. The molecule has 25 heavy (non-hydrogen) atoms. The van der Waals surface area contributed by atoms with E-state index in [-0.39, 0.29) is 16.6 Å². The summed E-state index contributed by atoms with van der Waals surface area (Å²) in [4.78, 5) is 14.0. The molecule has 9 heteroatoms. The van der Waals surface area contributed by atoms with Crippen LogP contribution in [0.15, 0.2) is 68.6 Å². The van der Waals surface area contributed by atoms with Gasteiger partial charge in [0.2, 0.25) is 0 Å². The highest BCUT2D eigenvalue weighted by Crippen LogP contribution is 2.15. The van der Waals surface area contributed by atoms with Crippen molar-refractivity contribution in [2.45, 2.75) is 10.8 Å². The molecule has 2 aromatic heterocycles. The molecule has 7 nitrogen and oxygen atoms in total. The molecule has 0 saturated heterocycles. The number of hydrazine groups is 1. The van der Waals surface area contributed by atoms with E-state index in [1.54, 1.807) is 29.6 Å². The SMILES string of the molecule is O=C(NNS(=O)(=O)c1cccs1)c1ccc(COc2ccccc2)o1. The second-order valence-electron chi connectivity index (χ2n) is 4.86. The third kappa shape index (κ3) is 4.47. The Labute approximate surface area is 148 Å². The van der Waals surface area contributed by atoms with Crippen molar-refractivity contribution in [2.75, 3.05) is 0 Å². The average molecular weight is 378 g/mol. The van der Waals surface area contributed by atoms with Crippen molar-refractivity contribution in [3.8, 4) is 5.75 Å². The fourth-order valence-corrected chi connectivity index (χ4v) is 3.72. The van der Waals surface area contributed by atoms with Gasteiger partial charge in [0.15, 0.2) is 5.76 Å². The molecule has 0 aliphatic heterocycles. The molecular formula is C16H14N2O5S2. The maximum atomic E-state index is 12.0. The van der Waals surface area contributed by atoms with Crippen LogP contribution in [-0.4, -0.2) is 14.3 Å². The minimum Gasteiger partial charge on any atom is -0.486 e. The Bertz CT molecular complexity index is 934. The van der Waals surface area contributed by atoms with E-state index in [1.165, 1.54) is 12.1 Å². The first-order valence-electron chi connectivity index (χ1n) is 7.17. The van der Waals surface area contributed by atoms with Gasteiger partial charge in [0, 0.05) is 0 Å². The van der Waals surface area contributed by atoms with E-state index in [4.69, 9.17) is 9.15 Å². The molecule has 130 valence electrons. The summed E-state index contributed by atoms with van der Waals surface area (Å²) in [6.45, 7) is 0.151. The number of benzene rings is 1. The van der Waals surface area contributed by atoms with E-state index >= 15 is 0 Å². The molecule has 0 radical (unpaired) electrons. The lowest BCUT2D eigenvalue weighted by Gasteiger charge is -2.05. The number of rotatable bonds is 7. The van der Waals surface area contributed by atoms with Crippen molar-refractivity contribution >= 4 is 27.3 Å². The molecule has 0 unspecified atom stereocenters. The Morgan fingerprint density at radius 1 is 1.08 bits per heavy atom. The Morgan fingerprint density at radius 2 is 1.88 bits per heavy atom. The summed E-state index contributed by atoms with van der Waals surface area (Å²) in [6.07, 6.45) is 0. The maximum absolute atomic E-state index is 12.0. The van der Waals surface area contributed by atoms with Crippen molar-refractivity contribution in [1.29, 1.82) is 0 Å². The zero-order valence-electron chi connectivity index (χ0n) is 12.8. The van der Waals surface area contributed by atoms with E-state index in [1.807, 2.05) is 23.0 Å². The van der Waals surface area contributed by atoms with E-state index in [0.29, 0.717) is 11.5 Å². The molecule has 0 atom stereocenters. The Balaban J connectivity index is 1.56. The second-order valence-corrected chi connectivity index (χ2v) is 7.72. The third-order valence-corrected chi connectivity index (χ3v) is 5.71. The van der Waals surface area contributed by atoms with Gasteiger partial charge in [-0.05, 0) is 35.7 Å². The highest BCUT2D eigenvalue weighted by Gasteiger charge is 2.18. The Hall–Kier alpha value is -2.62. The molecule has 0 aliphatic rings. The largest absolute Gasteiger partial charge is 0.486 e. The smallest absolute Gasteiger partial charge is 0.301 e. The fourth-order valence-electron chi connectivity index (χ4n) is 1.89. The first-order chi connectivity index (χ1) is 12.0. The lowest BCUT2D eigenvalue weighted by molar-refractivity contribution is 0.0913. The van der Waals surface area contributed by atoms with Gasteiger partial charge in [-0.1, -0.05) is 24.3 Å². The minimum atomic E-state index is -3.79. The highest BCUT2D eigenvalue weighted by atomic mass is 32.2. The zero-order valence-corrected chi connectivity index (χ0v) is 14.5. The van der Waals surface area contributed by atoms with Crippen molar-refractivity contribution in [3.05, 3.63) is 71.5 Å². The summed E-state index contributed by atoms with van der Waals surface area (Å²) in [6, 6.07) is 15.2. The normalized spacial score (nSPS) is 11.2. The number of thiophene rings is 1. The van der Waals surface area contributed by atoms with E-state index in [9.17, 15) is 13.2 Å². The van der Waals surface area contributed by atoms with Gasteiger partial charge < -0.3 is 9.15 Å². The Morgan fingerprint density at radius 3 is 2.60 bits per heavy atom. The van der Waals surface area contributed by atoms with Gasteiger partial charge in [0.05, 0.1) is 0 Å². The van der Waals surface area contributed by atoms with Gasteiger partial charge >= 0.3 is 5.91 Å². The van der Waals surface area contributed by atoms with Crippen LogP contribution in [0, 0.1) is 0 Å². The molecule has 0 fully saturated rings. The molecule has 0 bridgehead atoms. The summed E-state index contributed by atoms with van der Waals surface area (Å²) in [5.74, 6) is 0.385. The monoisotopic (exact) mass is 378 g/mol. The molecule has 3 aromatic rings. The van der Waals surface area contributed by atoms with Crippen LogP contribution in [0.5, 0.6) is 5.75 Å². The number of carbonyl (C=O) groups is 1. The van der Waals surface area contributed by atoms with Crippen LogP contribution < -0.4 is 15.0 Å². The fraction of sp³-hybridized carbons (Fsp3) is 0.0625. The standard InChI is InChI=1S/C16H14N2O5S2/c19-16(17-18-25(20,21)15-7-4-10-24-15)14-9-8-13(23-14)11-22-12-5-2-1-3-6-12/h1-10,18H,11H2,(H,17,19). The van der Waals surface area contributed by atoms with Gasteiger partial charge in [0.1, 0.15) is 22.3 Å². The van der Waals surface area contributed by atoms with Gasteiger partial charge in [-0.3, -0.25) is 10.2 Å². The van der Waals surface area contributed by atoms with Crippen molar-refractivity contribution in [3.63, 3.8) is 0 Å². The third-order valence-electron chi connectivity index (χ3n) is 3.07. The van der Waals surface area contributed by atoms with Crippen molar-refractivity contribution in [2.24, 2.45) is 0 Å². The number of hydrogen-bond donors (Lipinski definition) is 2. The van der Waals surface area contributed by atoms with Crippen LogP contribution >= 0.6 is 11.3 Å². The summed E-state index contributed by atoms with van der Waals surface area (Å²) >= 11 is 1.04. The van der Waals surface area contributed by atoms with Gasteiger partial charge in [-0.15, -0.1) is 16.2 Å². The topological polar surface area (TPSA) is 97.6 Å². The van der Waals surface area contributed by atoms with Crippen molar-refractivity contribution in [1.82, 2.24) is 10.3 Å². The van der Waals surface area contributed by atoms with Crippen LogP contribution in [0.2, 0.25) is 0 Å². The molecule has 1 amide bonds. The van der Waals surface area contributed by atoms with E-state index in [0.717, 1.165) is 11.3 Å². The van der Waals surface area contributed by atoms with Crippen molar-refractivity contribution < 1.29 is 22.4 Å².